The highest BCUT2D eigenvalue weighted by Crippen LogP contribution is 2.41. The quantitative estimate of drug-likeness (QED) is 0.0434. The first-order valence-electron chi connectivity index (χ1n) is 24.5. The maximum Gasteiger partial charge on any atom is 0.226 e. The summed E-state index contributed by atoms with van der Waals surface area (Å²) >= 11 is 0. The molecule has 6 rings (SSSR count). The third kappa shape index (κ3) is 13.9. The van der Waals surface area contributed by atoms with Crippen molar-refractivity contribution in [2.45, 2.75) is 110 Å². The first-order valence-corrected chi connectivity index (χ1v) is 24.5. The largest absolute Gasteiger partial charge is 0.492 e. The Labute approximate surface area is 415 Å². The van der Waals surface area contributed by atoms with Crippen LogP contribution in [0, 0.1) is 37.0 Å². The number of nitrogens with two attached hydrogens (primary N) is 2. The Kier molecular flexibility index (Phi) is 19.3. The smallest absolute Gasteiger partial charge is 0.226 e. The number of benzene rings is 3. The molecule has 17 nitrogen and oxygen atoms in total. The number of nitrogens with one attached hydrogen (secondary N) is 2. The van der Waals surface area contributed by atoms with Gasteiger partial charge >= 0.3 is 0 Å². The van der Waals surface area contributed by atoms with E-state index in [1.165, 1.54) is 18.4 Å². The van der Waals surface area contributed by atoms with Crippen LogP contribution in [0.3, 0.4) is 0 Å². The van der Waals surface area contributed by atoms with Crippen LogP contribution in [-0.2, 0) is 30.4 Å². The molecule has 1 aliphatic carbocycles. The predicted molar refractivity (Wildman–Crippen MR) is 266 cm³/mol. The van der Waals surface area contributed by atoms with Crippen molar-refractivity contribution >= 4 is 35.6 Å². The van der Waals surface area contributed by atoms with Crippen molar-refractivity contribution in [3.8, 4) is 45.8 Å². The highest BCUT2D eigenvalue weighted by atomic mass is 16.5. The number of hydrogen-bond donors (Lipinski definition) is 4. The van der Waals surface area contributed by atoms with Gasteiger partial charge < -0.3 is 41.2 Å². The number of amides is 3. The number of likely N-dealkylation sites (N-methyl/N-ethyl adjacent to an activating group) is 1. The number of rotatable bonds is 21. The van der Waals surface area contributed by atoms with Crippen LogP contribution in [0.25, 0.3) is 22.5 Å². The summed E-state index contributed by atoms with van der Waals surface area (Å²) in [5.74, 6) is -2.33. The number of hydrogen-bond acceptors (Lipinski definition) is 14. The Morgan fingerprint density at radius 1 is 0.915 bits per heavy atom. The fourth-order valence-electron chi connectivity index (χ4n) is 9.39. The molecular weight excluding hydrogens is 905 g/mol. The number of nitrogens with zero attached hydrogens (tertiary/aromatic N) is 4. The number of ketones is 3. The Bertz CT molecular complexity index is 2570. The Morgan fingerprint density at radius 2 is 1.56 bits per heavy atom. The molecule has 0 spiro atoms. The van der Waals surface area contributed by atoms with Gasteiger partial charge in [-0.2, -0.15) is 5.26 Å². The van der Waals surface area contributed by atoms with Crippen molar-refractivity contribution in [2.24, 2.45) is 23.3 Å². The summed E-state index contributed by atoms with van der Waals surface area (Å²) in [6.07, 6.45) is 5.69. The monoisotopic (exact) mass is 970 g/mol. The van der Waals surface area contributed by atoms with E-state index in [0.717, 1.165) is 37.0 Å². The Morgan fingerprint density at radius 3 is 2.20 bits per heavy atom. The third-order valence-electron chi connectivity index (χ3n) is 13.0. The van der Waals surface area contributed by atoms with E-state index in [4.69, 9.17) is 35.6 Å². The maximum absolute atomic E-state index is 15.0. The number of aromatic nitrogens is 2. The van der Waals surface area contributed by atoms with Gasteiger partial charge in [-0.3, -0.25) is 28.8 Å². The van der Waals surface area contributed by atoms with Gasteiger partial charge in [0.15, 0.2) is 23.2 Å². The van der Waals surface area contributed by atoms with Crippen molar-refractivity contribution in [3.63, 3.8) is 0 Å². The summed E-state index contributed by atoms with van der Waals surface area (Å²) in [6.45, 7) is 5.76. The number of ether oxygens (including phenoxy) is 3. The second-order valence-corrected chi connectivity index (χ2v) is 18.4. The van der Waals surface area contributed by atoms with E-state index in [0.29, 0.717) is 57.4 Å². The van der Waals surface area contributed by atoms with E-state index in [1.807, 2.05) is 36.4 Å². The van der Waals surface area contributed by atoms with Crippen LogP contribution in [0.1, 0.15) is 110 Å². The molecule has 6 N–H and O–H groups in total. The van der Waals surface area contributed by atoms with E-state index in [-0.39, 0.29) is 88.8 Å². The Balaban J connectivity index is 1.36. The number of Topliss-reactive ketones (excluding diaryl/α,β-unsaturated/α-hetero) is 3. The average Bonchev–Trinajstić information content (AvgIpc) is 3.36. The lowest BCUT2D eigenvalue weighted by molar-refractivity contribution is -0.142. The zero-order valence-electron chi connectivity index (χ0n) is 41.2. The molecule has 1 aliphatic heterocycles. The minimum atomic E-state index is -1.30. The zero-order chi connectivity index (χ0) is 51.0. The molecule has 1 aromatic heterocycles. The van der Waals surface area contributed by atoms with Crippen LogP contribution in [0.15, 0.2) is 60.7 Å². The normalized spacial score (nSPS) is 17.7. The lowest BCUT2D eigenvalue weighted by Crippen LogP contribution is -2.46. The molecule has 1 fully saturated rings. The van der Waals surface area contributed by atoms with Crippen molar-refractivity contribution in [1.29, 1.82) is 5.26 Å². The van der Waals surface area contributed by atoms with Gasteiger partial charge in [-0.05, 0) is 112 Å². The summed E-state index contributed by atoms with van der Waals surface area (Å²) in [7, 11) is 1.47. The lowest BCUT2D eigenvalue weighted by atomic mass is 9.88. The molecule has 0 saturated heterocycles. The number of nitriles is 1. The number of carbonyl (C=O) groups excluding carboxylic acids is 6. The number of fused-ring (bicyclic) bond motifs is 5. The van der Waals surface area contributed by atoms with Crippen LogP contribution in [0.5, 0.6) is 17.2 Å². The molecule has 4 aromatic rings. The number of carbonyl (C=O) groups is 6. The molecule has 17 heteroatoms. The molecule has 0 radical (unpaired) electrons. The molecule has 1 saturated carbocycles. The second kappa shape index (κ2) is 25.7. The fourth-order valence-corrected chi connectivity index (χ4v) is 9.39. The van der Waals surface area contributed by atoms with Gasteiger partial charge in [0.25, 0.3) is 0 Å². The molecular formula is C54H66N8O9. The van der Waals surface area contributed by atoms with Gasteiger partial charge in [-0.25, -0.2) is 9.97 Å². The van der Waals surface area contributed by atoms with E-state index in [9.17, 15) is 29.2 Å². The molecule has 3 amide bonds. The summed E-state index contributed by atoms with van der Waals surface area (Å²) in [5.41, 5.74) is 15.7. The third-order valence-corrected chi connectivity index (χ3v) is 13.0. The van der Waals surface area contributed by atoms with E-state index >= 15 is 4.79 Å². The molecule has 71 heavy (non-hydrogen) atoms. The van der Waals surface area contributed by atoms with Crippen molar-refractivity contribution in [3.05, 3.63) is 88.7 Å². The van der Waals surface area contributed by atoms with E-state index in [2.05, 4.69) is 10.6 Å². The molecule has 376 valence electrons. The van der Waals surface area contributed by atoms with Crippen LogP contribution >= 0.6 is 0 Å². The van der Waals surface area contributed by atoms with Crippen molar-refractivity contribution < 1.29 is 43.0 Å². The second-order valence-electron chi connectivity index (χ2n) is 18.4. The van der Waals surface area contributed by atoms with Crippen molar-refractivity contribution in [1.82, 2.24) is 25.5 Å². The molecule has 4 bridgehead atoms. The van der Waals surface area contributed by atoms with Gasteiger partial charge in [0.1, 0.15) is 36.5 Å². The zero-order valence-corrected chi connectivity index (χ0v) is 41.2. The summed E-state index contributed by atoms with van der Waals surface area (Å²) in [5, 5.41) is 14.7. The van der Waals surface area contributed by atoms with Crippen LogP contribution in [-0.4, -0.2) is 102 Å². The van der Waals surface area contributed by atoms with Crippen LogP contribution in [0.2, 0.25) is 0 Å². The molecule has 4 atom stereocenters. The standard InChI is InChI=1S/C54H66N8O9/c1-33-27-47(66)51(38-15-19-49(70-26-23-57)43(30-38)42-28-36(12-18-48(42)69-25-22-56)29-44(61-53(33)67)45(64)11-8-21-55)62(4)54(68)39(20-24-58-32-63)31-46(65)50-34(2)59-52(60-35(50)3)37-13-16-41(17-14-37)71-40-9-6-5-7-10-40/h12-19,28,30,32-33,39-40,44,51H,5-11,20,22-27,29,31,56-57H2,1-4H3,(H,58,63)(H,61,67)/t33-,39-,44+,51+/m1/s1. The fraction of sp³-hybridized carbons (Fsp3) is 0.463. The van der Waals surface area contributed by atoms with Gasteiger partial charge in [0.05, 0.1) is 35.2 Å². The topological polar surface area (TPSA) is 259 Å². The summed E-state index contributed by atoms with van der Waals surface area (Å²) in [6, 6.07) is 17.7. The summed E-state index contributed by atoms with van der Waals surface area (Å²) < 4.78 is 18.5. The van der Waals surface area contributed by atoms with Gasteiger partial charge in [0.2, 0.25) is 18.2 Å². The molecule has 0 unspecified atom stereocenters. The first-order chi connectivity index (χ1) is 34.3. The van der Waals surface area contributed by atoms with Crippen molar-refractivity contribution in [2.75, 3.05) is 39.9 Å². The maximum atomic E-state index is 15.0. The molecule has 3 aromatic carbocycles. The molecule has 2 heterocycles. The molecule has 2 aliphatic rings. The minimum Gasteiger partial charge on any atom is -0.492 e. The van der Waals surface area contributed by atoms with Crippen LogP contribution in [0.4, 0.5) is 0 Å². The van der Waals surface area contributed by atoms with Gasteiger partial charge in [-0.1, -0.05) is 25.5 Å². The van der Waals surface area contributed by atoms with Gasteiger partial charge in [-0.15, -0.1) is 0 Å². The van der Waals surface area contributed by atoms with Gasteiger partial charge in [0, 0.05) is 80.9 Å². The highest BCUT2D eigenvalue weighted by molar-refractivity contribution is 6.01. The summed E-state index contributed by atoms with van der Waals surface area (Å²) in [4.78, 5) is 93.9. The average molecular weight is 971 g/mol. The van der Waals surface area contributed by atoms with E-state index in [1.54, 1.807) is 51.1 Å². The number of aryl methyl sites for hydroxylation is 2. The Hall–Kier alpha value is -7.03. The predicted octanol–water partition coefficient (Wildman–Crippen LogP) is 5.85. The van der Waals surface area contributed by atoms with Crippen LogP contribution < -0.4 is 36.3 Å². The first kappa shape index (κ1) is 53.3. The minimum absolute atomic E-state index is 0.0459. The lowest BCUT2D eigenvalue weighted by Gasteiger charge is -2.32. The van der Waals surface area contributed by atoms with E-state index < -0.39 is 47.3 Å². The highest BCUT2D eigenvalue weighted by Gasteiger charge is 2.37. The SMILES string of the molecule is Cc1nc(-c2ccc(OC3CCCCC3)cc2)nc(C)c1C(=O)C[C@@H](CCNC=O)C(=O)N(C)[C@@H]1C(=O)C[C@@H](C)C(=O)N[C@H](C(=O)CCC#N)Cc2ccc(OCCN)c(c2)-c2cc1ccc2OCCN.